The smallest absolute Gasteiger partial charge is 0.273 e. The molecule has 1 rings (SSSR count). The van der Waals surface area contributed by atoms with Crippen LogP contribution >= 0.6 is 0 Å². The fourth-order valence-corrected chi connectivity index (χ4v) is 0.607. The second-order valence-corrected chi connectivity index (χ2v) is 1.78. The van der Waals surface area contributed by atoms with E-state index in [0.29, 0.717) is 0 Å². The summed E-state index contributed by atoms with van der Waals surface area (Å²) in [4.78, 5) is 9.49. The molecule has 0 atom stereocenters. The summed E-state index contributed by atoms with van der Waals surface area (Å²) in [6.45, 7) is 0. The van der Waals surface area contributed by atoms with Crippen LogP contribution in [0.2, 0.25) is 0 Å². The zero-order valence-electron chi connectivity index (χ0n) is 6.02. The number of benzene rings is 1. The van der Waals surface area contributed by atoms with Gasteiger partial charge in [0, 0.05) is 57.5 Å². The average molecular weight is 178 g/mol. The summed E-state index contributed by atoms with van der Waals surface area (Å²) in [5.74, 6) is -0.0887. The van der Waals surface area contributed by atoms with Gasteiger partial charge in [-0.2, -0.15) is 0 Å². The summed E-state index contributed by atoms with van der Waals surface area (Å²) in [5, 5.41) is 18.8. The zero-order chi connectivity index (χ0) is 7.56. The fraction of sp³-hybridized carbons (Fsp3) is 0. The van der Waals surface area contributed by atoms with Gasteiger partial charge in [-0.3, -0.25) is 10.1 Å². The average Bonchev–Trinajstić information content (AvgIpc) is 1.88. The van der Waals surface area contributed by atoms with E-state index in [9.17, 15) is 10.1 Å². The van der Waals surface area contributed by atoms with Gasteiger partial charge < -0.3 is 5.11 Å². The topological polar surface area (TPSA) is 63.4 Å². The third kappa shape index (κ3) is 3.30. The van der Waals surface area contributed by atoms with Crippen molar-refractivity contribution in [3.8, 4) is 5.75 Å². The number of aromatic hydroxyl groups is 1. The van der Waals surface area contributed by atoms with Crippen LogP contribution in [-0.2, 0) is 0 Å². The first-order valence-electron chi connectivity index (χ1n) is 2.63. The molecular formula is C6H5KNO3. The Morgan fingerprint density at radius 3 is 2.45 bits per heavy atom. The first-order valence-corrected chi connectivity index (χ1v) is 2.63. The Bertz CT molecular complexity index is 264. The zero-order valence-corrected chi connectivity index (χ0v) is 9.14. The van der Waals surface area contributed by atoms with E-state index in [4.69, 9.17) is 5.11 Å². The van der Waals surface area contributed by atoms with Crippen LogP contribution in [0.4, 0.5) is 5.69 Å². The number of hydrogen-bond acceptors (Lipinski definition) is 3. The van der Waals surface area contributed by atoms with Gasteiger partial charge in [0.25, 0.3) is 5.69 Å². The van der Waals surface area contributed by atoms with E-state index in [1.165, 1.54) is 18.2 Å². The summed E-state index contributed by atoms with van der Waals surface area (Å²) in [5.41, 5.74) is -0.0972. The molecule has 53 valence electrons. The van der Waals surface area contributed by atoms with Gasteiger partial charge in [-0.25, -0.2) is 0 Å². The molecule has 0 fully saturated rings. The molecule has 1 radical (unpaired) electrons. The molecule has 0 heterocycles. The molecule has 4 nitrogen and oxygen atoms in total. The molecule has 1 N–H and O–H groups in total. The van der Waals surface area contributed by atoms with Crippen LogP contribution in [0, 0.1) is 10.1 Å². The minimum absolute atomic E-state index is 0. The third-order valence-corrected chi connectivity index (χ3v) is 1.04. The van der Waals surface area contributed by atoms with Gasteiger partial charge in [0.2, 0.25) is 0 Å². The summed E-state index contributed by atoms with van der Waals surface area (Å²) in [6, 6.07) is 5.22. The van der Waals surface area contributed by atoms with Gasteiger partial charge in [-0.15, -0.1) is 0 Å². The van der Waals surface area contributed by atoms with Crippen molar-refractivity contribution in [3.05, 3.63) is 34.4 Å². The molecule has 0 spiro atoms. The van der Waals surface area contributed by atoms with E-state index in [2.05, 4.69) is 0 Å². The second-order valence-electron chi connectivity index (χ2n) is 1.78. The summed E-state index contributed by atoms with van der Waals surface area (Å²) < 4.78 is 0. The molecule has 1 aromatic rings. The van der Waals surface area contributed by atoms with Crippen molar-refractivity contribution in [1.82, 2.24) is 0 Å². The van der Waals surface area contributed by atoms with E-state index in [1.54, 1.807) is 0 Å². The van der Waals surface area contributed by atoms with Gasteiger partial charge in [-0.05, 0) is 6.07 Å². The summed E-state index contributed by atoms with van der Waals surface area (Å²) >= 11 is 0. The van der Waals surface area contributed by atoms with Crippen molar-refractivity contribution in [3.63, 3.8) is 0 Å². The number of hydrogen-bond donors (Lipinski definition) is 1. The van der Waals surface area contributed by atoms with Crippen molar-refractivity contribution in [2.75, 3.05) is 0 Å². The first kappa shape index (κ1) is 11.1. The third-order valence-electron chi connectivity index (χ3n) is 1.04. The fourth-order valence-electron chi connectivity index (χ4n) is 0.607. The number of phenols is 1. The van der Waals surface area contributed by atoms with Crippen LogP contribution in [-0.4, -0.2) is 61.4 Å². The minimum Gasteiger partial charge on any atom is -0.508 e. The number of nitrogens with zero attached hydrogens (tertiary/aromatic N) is 1. The van der Waals surface area contributed by atoms with Gasteiger partial charge in [0.05, 0.1) is 11.0 Å². The Balaban J connectivity index is 0.000001000. The molecule has 0 amide bonds. The molecule has 0 aliphatic rings. The Morgan fingerprint density at radius 2 is 2.09 bits per heavy atom. The van der Waals surface area contributed by atoms with Crippen LogP contribution in [0.1, 0.15) is 0 Å². The summed E-state index contributed by atoms with van der Waals surface area (Å²) in [7, 11) is 0. The van der Waals surface area contributed by atoms with Crippen molar-refractivity contribution >= 4 is 57.1 Å². The monoisotopic (exact) mass is 178 g/mol. The number of nitro groups is 1. The number of nitro benzene ring substituents is 1. The molecular weight excluding hydrogens is 173 g/mol. The molecule has 0 aliphatic carbocycles. The predicted octanol–water partition coefficient (Wildman–Crippen LogP) is 0.920. The van der Waals surface area contributed by atoms with Crippen molar-refractivity contribution in [1.29, 1.82) is 0 Å². The van der Waals surface area contributed by atoms with E-state index < -0.39 is 4.92 Å². The van der Waals surface area contributed by atoms with E-state index in [0.717, 1.165) is 6.07 Å². The first-order chi connectivity index (χ1) is 4.70. The minimum atomic E-state index is -0.556. The molecule has 0 saturated carbocycles. The standard InChI is InChI=1S/C6H5NO3.K/c8-6-3-1-2-5(4-6)7(9)10;/h1-4,8H;. The molecule has 0 aromatic heterocycles. The number of phenolic OH excluding ortho intramolecular Hbond substituents is 1. The Morgan fingerprint density at radius 1 is 1.45 bits per heavy atom. The molecule has 11 heavy (non-hydrogen) atoms. The normalized spacial score (nSPS) is 8.36. The van der Waals surface area contributed by atoms with Gasteiger partial charge in [0.1, 0.15) is 5.75 Å². The van der Waals surface area contributed by atoms with E-state index >= 15 is 0 Å². The van der Waals surface area contributed by atoms with Crippen LogP contribution < -0.4 is 0 Å². The van der Waals surface area contributed by atoms with Crippen LogP contribution in [0.5, 0.6) is 5.75 Å². The Kier molecular flexibility index (Phi) is 4.86. The second kappa shape index (κ2) is 4.84. The van der Waals surface area contributed by atoms with Gasteiger partial charge >= 0.3 is 0 Å². The Labute approximate surface area is 106 Å². The Hall–Kier alpha value is 0.0564. The predicted molar refractivity (Wildman–Crippen MR) is 40.5 cm³/mol. The quantitative estimate of drug-likeness (QED) is 0.395. The maximum atomic E-state index is 10.0. The van der Waals surface area contributed by atoms with Crippen molar-refractivity contribution in [2.45, 2.75) is 0 Å². The maximum absolute atomic E-state index is 10.0. The molecule has 0 unspecified atom stereocenters. The van der Waals surface area contributed by atoms with Crippen LogP contribution in [0.25, 0.3) is 0 Å². The molecule has 1 aromatic carbocycles. The number of non-ortho nitro benzene ring substituents is 1. The van der Waals surface area contributed by atoms with Crippen LogP contribution in [0.15, 0.2) is 24.3 Å². The van der Waals surface area contributed by atoms with Gasteiger partial charge in [-0.1, -0.05) is 6.07 Å². The largest absolute Gasteiger partial charge is 0.508 e. The van der Waals surface area contributed by atoms with Crippen molar-refractivity contribution < 1.29 is 10.0 Å². The SMILES string of the molecule is O=[N+]([O-])c1cccc(O)c1.[K]. The number of rotatable bonds is 1. The van der Waals surface area contributed by atoms with Gasteiger partial charge in [0.15, 0.2) is 0 Å². The molecule has 0 bridgehead atoms. The van der Waals surface area contributed by atoms with E-state index in [-0.39, 0.29) is 62.8 Å². The van der Waals surface area contributed by atoms with Crippen molar-refractivity contribution in [2.24, 2.45) is 0 Å². The van der Waals surface area contributed by atoms with Crippen LogP contribution in [0.3, 0.4) is 0 Å². The molecule has 5 heteroatoms. The maximum Gasteiger partial charge on any atom is 0.273 e. The molecule has 0 saturated heterocycles. The summed E-state index contributed by atoms with van der Waals surface area (Å²) in [6.07, 6.45) is 0. The molecule has 0 aliphatic heterocycles. The van der Waals surface area contributed by atoms with E-state index in [1.807, 2.05) is 0 Å².